The number of ether oxygens (including phenoxy) is 1. The summed E-state index contributed by atoms with van der Waals surface area (Å²) in [5.74, 6) is -0.176. The molecule has 1 N–H and O–H groups in total. The van der Waals surface area contributed by atoms with Gasteiger partial charge in [-0.15, -0.1) is 0 Å². The fourth-order valence-corrected chi connectivity index (χ4v) is 3.38. The monoisotopic (exact) mass is 350 g/mol. The highest BCUT2D eigenvalue weighted by molar-refractivity contribution is 6.05. The van der Waals surface area contributed by atoms with Crippen molar-refractivity contribution in [2.75, 3.05) is 0 Å². The molecule has 0 aromatic heterocycles. The third kappa shape index (κ3) is 3.06. The summed E-state index contributed by atoms with van der Waals surface area (Å²) in [6, 6.07) is 14.6. The summed E-state index contributed by atoms with van der Waals surface area (Å²) in [5, 5.41) is 2.31. The van der Waals surface area contributed by atoms with Crippen molar-refractivity contribution < 1.29 is 19.1 Å². The number of nitrogens with one attached hydrogen (secondary N) is 1. The number of carbonyl (C=O) groups excluding carboxylic acids is 3. The van der Waals surface area contributed by atoms with Crippen LogP contribution in [0.4, 0.5) is 0 Å². The van der Waals surface area contributed by atoms with Gasteiger partial charge in [0.25, 0.3) is 5.91 Å². The van der Waals surface area contributed by atoms with Gasteiger partial charge in [0.1, 0.15) is 18.4 Å². The summed E-state index contributed by atoms with van der Waals surface area (Å²) in [6.45, 7) is 0.799. The number of nitrogens with zero attached hydrogens (tertiary/aromatic N) is 1. The van der Waals surface area contributed by atoms with Crippen molar-refractivity contribution in [3.8, 4) is 5.75 Å². The van der Waals surface area contributed by atoms with Gasteiger partial charge in [0.05, 0.1) is 0 Å². The average molecular weight is 350 g/mol. The Kier molecular flexibility index (Phi) is 4.16. The van der Waals surface area contributed by atoms with Crippen LogP contribution in [0.25, 0.3) is 0 Å². The van der Waals surface area contributed by atoms with Crippen molar-refractivity contribution in [1.29, 1.82) is 0 Å². The van der Waals surface area contributed by atoms with Crippen molar-refractivity contribution >= 4 is 17.7 Å². The Hall–Kier alpha value is -3.15. The van der Waals surface area contributed by atoms with Crippen LogP contribution in [0.2, 0.25) is 0 Å². The lowest BCUT2D eigenvalue weighted by molar-refractivity contribution is -0.136. The van der Waals surface area contributed by atoms with Crippen molar-refractivity contribution in [2.45, 2.75) is 32.0 Å². The van der Waals surface area contributed by atoms with E-state index in [1.807, 2.05) is 36.4 Å². The van der Waals surface area contributed by atoms with Gasteiger partial charge in [-0.05, 0) is 35.7 Å². The lowest BCUT2D eigenvalue weighted by Gasteiger charge is -2.29. The van der Waals surface area contributed by atoms with Gasteiger partial charge < -0.3 is 9.64 Å². The SMILES string of the molecule is O=C1CCC(N2Cc3cc(OCc4ccccc4)ccc3C2=O)C(=O)N1. The number of benzene rings is 2. The van der Waals surface area contributed by atoms with E-state index in [1.54, 1.807) is 12.1 Å². The molecule has 1 fully saturated rings. The highest BCUT2D eigenvalue weighted by Crippen LogP contribution is 2.30. The normalized spacial score (nSPS) is 19.3. The zero-order valence-electron chi connectivity index (χ0n) is 14.1. The third-order valence-corrected chi connectivity index (χ3v) is 4.74. The smallest absolute Gasteiger partial charge is 0.255 e. The quantitative estimate of drug-likeness (QED) is 0.856. The molecule has 2 aromatic rings. The average Bonchev–Trinajstić information content (AvgIpc) is 2.97. The predicted octanol–water partition coefficient (Wildman–Crippen LogP) is 2.03. The first kappa shape index (κ1) is 16.3. The van der Waals surface area contributed by atoms with Gasteiger partial charge in [-0.2, -0.15) is 0 Å². The third-order valence-electron chi connectivity index (χ3n) is 4.74. The maximum atomic E-state index is 12.6. The van der Waals surface area contributed by atoms with Crippen LogP contribution in [-0.4, -0.2) is 28.7 Å². The molecule has 4 rings (SSSR count). The molecule has 2 heterocycles. The molecule has 2 aliphatic heterocycles. The number of fused-ring (bicyclic) bond motifs is 1. The second-order valence-electron chi connectivity index (χ2n) is 6.49. The molecule has 0 saturated carbocycles. The van der Waals surface area contributed by atoms with Gasteiger partial charge in [0, 0.05) is 18.5 Å². The van der Waals surface area contributed by atoms with Gasteiger partial charge in [-0.25, -0.2) is 0 Å². The van der Waals surface area contributed by atoms with Crippen LogP contribution in [0.5, 0.6) is 5.75 Å². The van der Waals surface area contributed by atoms with Crippen LogP contribution in [0.15, 0.2) is 48.5 Å². The van der Waals surface area contributed by atoms with Gasteiger partial charge in [-0.1, -0.05) is 30.3 Å². The fraction of sp³-hybridized carbons (Fsp3) is 0.250. The predicted molar refractivity (Wildman–Crippen MR) is 93.3 cm³/mol. The number of hydrogen-bond acceptors (Lipinski definition) is 4. The first-order chi connectivity index (χ1) is 12.6. The van der Waals surface area contributed by atoms with Crippen molar-refractivity contribution in [3.05, 3.63) is 65.2 Å². The maximum Gasteiger partial charge on any atom is 0.255 e. The summed E-state index contributed by atoms with van der Waals surface area (Å²) in [4.78, 5) is 37.5. The lowest BCUT2D eigenvalue weighted by Crippen LogP contribution is -2.52. The van der Waals surface area contributed by atoms with E-state index in [0.717, 1.165) is 11.1 Å². The van der Waals surface area contributed by atoms with Crippen molar-refractivity contribution in [3.63, 3.8) is 0 Å². The summed E-state index contributed by atoms with van der Waals surface area (Å²) in [7, 11) is 0. The molecule has 132 valence electrons. The minimum absolute atomic E-state index is 0.177. The zero-order valence-corrected chi connectivity index (χ0v) is 14.1. The topological polar surface area (TPSA) is 75.7 Å². The number of amides is 3. The molecule has 0 bridgehead atoms. The van der Waals surface area contributed by atoms with Crippen LogP contribution in [-0.2, 0) is 22.7 Å². The number of carbonyl (C=O) groups is 3. The van der Waals surface area contributed by atoms with E-state index in [1.165, 1.54) is 4.90 Å². The first-order valence-electron chi connectivity index (χ1n) is 8.56. The molecular formula is C20H18N2O4. The van der Waals surface area contributed by atoms with Gasteiger partial charge in [0.15, 0.2) is 0 Å². The Morgan fingerprint density at radius 3 is 2.65 bits per heavy atom. The Morgan fingerprint density at radius 1 is 1.08 bits per heavy atom. The molecule has 6 heteroatoms. The number of hydrogen-bond donors (Lipinski definition) is 1. The van der Waals surface area contributed by atoms with Crippen LogP contribution < -0.4 is 10.1 Å². The summed E-state index contributed by atoms with van der Waals surface area (Å²) < 4.78 is 5.81. The highest BCUT2D eigenvalue weighted by atomic mass is 16.5. The molecular weight excluding hydrogens is 332 g/mol. The molecule has 1 saturated heterocycles. The van der Waals surface area contributed by atoms with E-state index in [2.05, 4.69) is 5.32 Å². The van der Waals surface area contributed by atoms with E-state index in [0.29, 0.717) is 30.9 Å². The minimum Gasteiger partial charge on any atom is -0.489 e. The number of piperidine rings is 1. The number of rotatable bonds is 4. The van der Waals surface area contributed by atoms with E-state index in [9.17, 15) is 14.4 Å². The van der Waals surface area contributed by atoms with Crippen LogP contribution in [0.1, 0.15) is 34.3 Å². The molecule has 0 aliphatic carbocycles. The molecule has 3 amide bonds. The van der Waals surface area contributed by atoms with Crippen molar-refractivity contribution in [2.24, 2.45) is 0 Å². The highest BCUT2D eigenvalue weighted by Gasteiger charge is 2.39. The molecule has 1 atom stereocenters. The molecule has 1 unspecified atom stereocenters. The molecule has 2 aliphatic rings. The van der Waals surface area contributed by atoms with Gasteiger partial charge in [-0.3, -0.25) is 19.7 Å². The summed E-state index contributed by atoms with van der Waals surface area (Å²) in [6.07, 6.45) is 0.615. The zero-order chi connectivity index (χ0) is 18.1. The summed E-state index contributed by atoms with van der Waals surface area (Å²) in [5.41, 5.74) is 2.49. The summed E-state index contributed by atoms with van der Waals surface area (Å²) >= 11 is 0. The van der Waals surface area contributed by atoms with E-state index in [4.69, 9.17) is 4.74 Å². The Labute approximate surface area is 150 Å². The molecule has 6 nitrogen and oxygen atoms in total. The van der Waals surface area contributed by atoms with Gasteiger partial charge in [0.2, 0.25) is 11.8 Å². The maximum absolute atomic E-state index is 12.6. The Balaban J connectivity index is 1.48. The largest absolute Gasteiger partial charge is 0.489 e. The molecule has 2 aromatic carbocycles. The van der Waals surface area contributed by atoms with Crippen LogP contribution in [0, 0.1) is 0 Å². The first-order valence-corrected chi connectivity index (χ1v) is 8.56. The van der Waals surface area contributed by atoms with E-state index >= 15 is 0 Å². The van der Waals surface area contributed by atoms with Gasteiger partial charge >= 0.3 is 0 Å². The second kappa shape index (κ2) is 6.63. The van der Waals surface area contributed by atoms with Crippen LogP contribution >= 0.6 is 0 Å². The Bertz CT molecular complexity index is 879. The lowest BCUT2D eigenvalue weighted by atomic mass is 10.0. The van der Waals surface area contributed by atoms with E-state index < -0.39 is 11.9 Å². The minimum atomic E-state index is -0.596. The van der Waals surface area contributed by atoms with Crippen LogP contribution in [0.3, 0.4) is 0 Å². The van der Waals surface area contributed by atoms with Crippen molar-refractivity contribution in [1.82, 2.24) is 10.2 Å². The fourth-order valence-electron chi connectivity index (χ4n) is 3.38. The number of imide groups is 1. The molecule has 0 spiro atoms. The molecule has 26 heavy (non-hydrogen) atoms. The second-order valence-corrected chi connectivity index (χ2v) is 6.49. The standard InChI is InChI=1S/C20H18N2O4/c23-18-9-8-17(19(24)21-18)22-11-14-10-15(6-7-16(14)20(22)25)26-12-13-4-2-1-3-5-13/h1-7,10,17H,8-9,11-12H2,(H,21,23,24). The molecule has 0 radical (unpaired) electrons. The van der Waals surface area contributed by atoms with E-state index in [-0.39, 0.29) is 18.2 Å². The Morgan fingerprint density at radius 2 is 1.88 bits per heavy atom.